The molecule has 0 spiro atoms. The number of pyridine rings is 1. The van der Waals surface area contributed by atoms with Crippen LogP contribution in [0.5, 0.6) is 0 Å². The number of hydrogen-bond acceptors (Lipinski definition) is 4. The van der Waals surface area contributed by atoms with Gasteiger partial charge in [0, 0.05) is 19.9 Å². The quantitative estimate of drug-likeness (QED) is 0.750. The van der Waals surface area contributed by atoms with Crippen LogP contribution in [0.1, 0.15) is 39.6 Å². The van der Waals surface area contributed by atoms with Gasteiger partial charge in [-0.15, -0.1) is 0 Å². The summed E-state index contributed by atoms with van der Waals surface area (Å²) in [7, 11) is 1.41. The van der Waals surface area contributed by atoms with Gasteiger partial charge in [-0.3, -0.25) is 14.4 Å². The third-order valence-electron chi connectivity index (χ3n) is 4.52. The van der Waals surface area contributed by atoms with Crippen LogP contribution in [0.25, 0.3) is 0 Å². The summed E-state index contributed by atoms with van der Waals surface area (Å²) in [6.07, 6.45) is 2.14. The van der Waals surface area contributed by atoms with Crippen LogP contribution >= 0.6 is 0 Å². The van der Waals surface area contributed by atoms with Crippen molar-refractivity contribution in [2.24, 2.45) is 0 Å². The number of nitrogens with zero attached hydrogens (tertiary/aromatic N) is 1. The molecular weight excluding hydrogens is 365 g/mol. The van der Waals surface area contributed by atoms with Gasteiger partial charge in [-0.05, 0) is 37.1 Å². The van der Waals surface area contributed by atoms with Crippen molar-refractivity contribution in [3.05, 3.63) is 69.4 Å². The lowest BCUT2D eigenvalue weighted by molar-refractivity contribution is 0.0914. The zero-order valence-electron chi connectivity index (χ0n) is 15.7. The van der Waals surface area contributed by atoms with E-state index in [9.17, 15) is 18.8 Å². The van der Waals surface area contributed by atoms with Gasteiger partial charge in [-0.2, -0.15) is 0 Å². The first kappa shape index (κ1) is 19.8. The van der Waals surface area contributed by atoms with Crippen LogP contribution in [0.2, 0.25) is 0 Å². The molecule has 2 amide bonds. The summed E-state index contributed by atoms with van der Waals surface area (Å²) in [6.45, 7) is 2.56. The summed E-state index contributed by atoms with van der Waals surface area (Å²) < 4.78 is 19.8. The van der Waals surface area contributed by atoms with Gasteiger partial charge in [0.05, 0.1) is 24.3 Å². The molecule has 1 heterocycles. The highest BCUT2D eigenvalue weighted by molar-refractivity contribution is 5.99. The Hall–Kier alpha value is -3.00. The molecule has 28 heavy (non-hydrogen) atoms. The number of hydrogen-bond donors (Lipinski definition) is 2. The van der Waals surface area contributed by atoms with Gasteiger partial charge in [0.2, 0.25) is 0 Å². The average molecular weight is 387 g/mol. The van der Waals surface area contributed by atoms with E-state index in [1.807, 2.05) is 6.92 Å². The number of ether oxygens (including phenoxy) is 1. The van der Waals surface area contributed by atoms with E-state index < -0.39 is 11.5 Å². The largest absolute Gasteiger partial charge is 0.376 e. The van der Waals surface area contributed by atoms with Gasteiger partial charge in [-0.25, -0.2) is 4.39 Å². The van der Waals surface area contributed by atoms with E-state index in [1.54, 1.807) is 12.1 Å². The Morgan fingerprint density at radius 3 is 2.61 bits per heavy atom. The number of nitrogens with one attached hydrogen (secondary N) is 2. The molecule has 1 aromatic carbocycles. The molecular formula is C20H22FN3O4. The lowest BCUT2D eigenvalue weighted by Crippen LogP contribution is -2.35. The predicted octanol–water partition coefficient (Wildman–Crippen LogP) is 1.30. The number of benzene rings is 1. The van der Waals surface area contributed by atoms with Crippen molar-refractivity contribution in [3.8, 4) is 0 Å². The number of carbonyl (C=O) groups is 2. The van der Waals surface area contributed by atoms with E-state index in [-0.39, 0.29) is 41.5 Å². The van der Waals surface area contributed by atoms with Crippen molar-refractivity contribution < 1.29 is 18.7 Å². The molecule has 0 bridgehead atoms. The molecule has 1 aliphatic carbocycles. The van der Waals surface area contributed by atoms with Crippen LogP contribution in [-0.2, 0) is 11.3 Å². The molecule has 1 aliphatic rings. The minimum atomic E-state index is -0.578. The first-order valence-electron chi connectivity index (χ1n) is 9.06. The lowest BCUT2D eigenvalue weighted by atomic mass is 10.1. The molecule has 1 saturated carbocycles. The Kier molecular flexibility index (Phi) is 5.89. The maximum atomic E-state index is 13.1. The molecule has 1 aromatic heterocycles. The second-order valence-corrected chi connectivity index (χ2v) is 6.59. The first-order chi connectivity index (χ1) is 13.4. The van der Waals surface area contributed by atoms with Crippen LogP contribution in [0.4, 0.5) is 4.39 Å². The fourth-order valence-electron chi connectivity index (χ4n) is 2.93. The van der Waals surface area contributed by atoms with E-state index in [0.717, 1.165) is 6.42 Å². The van der Waals surface area contributed by atoms with Crippen LogP contribution in [-0.4, -0.2) is 42.2 Å². The molecule has 0 radical (unpaired) electrons. The molecule has 148 valence electrons. The molecule has 0 saturated heterocycles. The molecule has 3 rings (SSSR count). The summed E-state index contributed by atoms with van der Waals surface area (Å²) in [5.74, 6) is -1.35. The Morgan fingerprint density at radius 2 is 1.96 bits per heavy atom. The zero-order valence-corrected chi connectivity index (χ0v) is 15.7. The third-order valence-corrected chi connectivity index (χ3v) is 4.52. The van der Waals surface area contributed by atoms with Crippen molar-refractivity contribution in [1.29, 1.82) is 0 Å². The molecule has 7 nitrogen and oxygen atoms in total. The molecule has 2 unspecified atom stereocenters. The second-order valence-electron chi connectivity index (χ2n) is 6.59. The van der Waals surface area contributed by atoms with Gasteiger partial charge < -0.3 is 19.9 Å². The van der Waals surface area contributed by atoms with Crippen LogP contribution in [0, 0.1) is 5.82 Å². The summed E-state index contributed by atoms with van der Waals surface area (Å²) in [5.41, 5.74) is 0.207. The summed E-state index contributed by atoms with van der Waals surface area (Å²) >= 11 is 0. The minimum absolute atomic E-state index is 0.00233. The fraction of sp³-hybridized carbons (Fsp3) is 0.350. The van der Waals surface area contributed by atoms with Crippen LogP contribution in [0.15, 0.2) is 41.3 Å². The smallest absolute Gasteiger partial charge is 0.263 e. The maximum absolute atomic E-state index is 13.1. The van der Waals surface area contributed by atoms with Crippen LogP contribution < -0.4 is 16.2 Å². The van der Waals surface area contributed by atoms with Gasteiger partial charge in [0.25, 0.3) is 17.4 Å². The van der Waals surface area contributed by atoms with Crippen molar-refractivity contribution in [2.45, 2.75) is 32.0 Å². The summed E-state index contributed by atoms with van der Waals surface area (Å²) in [4.78, 5) is 37.4. The molecule has 2 N–H and O–H groups in total. The van der Waals surface area contributed by atoms with Gasteiger partial charge in [-0.1, -0.05) is 12.1 Å². The maximum Gasteiger partial charge on any atom is 0.263 e. The molecule has 1 fully saturated rings. The number of aromatic nitrogens is 1. The van der Waals surface area contributed by atoms with Crippen molar-refractivity contribution in [1.82, 2.24) is 15.2 Å². The number of amides is 2. The van der Waals surface area contributed by atoms with Gasteiger partial charge in [0.15, 0.2) is 0 Å². The first-order valence-corrected chi connectivity index (χ1v) is 9.06. The van der Waals surface area contributed by atoms with Crippen LogP contribution in [0.3, 0.4) is 0 Å². The van der Waals surface area contributed by atoms with E-state index in [4.69, 9.17) is 4.74 Å². The van der Waals surface area contributed by atoms with Gasteiger partial charge >= 0.3 is 0 Å². The van der Waals surface area contributed by atoms with Gasteiger partial charge in [0.1, 0.15) is 11.4 Å². The zero-order chi connectivity index (χ0) is 20.3. The topological polar surface area (TPSA) is 89.4 Å². The summed E-state index contributed by atoms with van der Waals surface area (Å²) in [6, 6.07) is 6.88. The van der Waals surface area contributed by atoms with Crippen molar-refractivity contribution in [2.75, 3.05) is 13.7 Å². The highest BCUT2D eigenvalue weighted by Crippen LogP contribution is 2.25. The van der Waals surface area contributed by atoms with Crippen molar-refractivity contribution in [3.63, 3.8) is 0 Å². The highest BCUT2D eigenvalue weighted by atomic mass is 19.1. The van der Waals surface area contributed by atoms with E-state index >= 15 is 0 Å². The number of carbonyl (C=O) groups excluding carboxylic acids is 2. The van der Waals surface area contributed by atoms with E-state index in [1.165, 1.54) is 36.0 Å². The Bertz CT molecular complexity index is 939. The molecule has 2 aromatic rings. The average Bonchev–Trinajstić information content (AvgIpc) is 3.42. The Balaban J connectivity index is 1.89. The van der Waals surface area contributed by atoms with E-state index in [2.05, 4.69) is 10.6 Å². The normalized spacial score (nSPS) is 17.8. The third kappa shape index (κ3) is 4.45. The predicted molar refractivity (Wildman–Crippen MR) is 101 cm³/mol. The highest BCUT2D eigenvalue weighted by Gasteiger charge is 2.39. The number of halogens is 1. The molecule has 8 heteroatoms. The lowest BCUT2D eigenvalue weighted by Gasteiger charge is -2.12. The monoisotopic (exact) mass is 387 g/mol. The standard InChI is InChI=1S/C20H22FN3O4/c1-3-28-17-9-16(17)23-18(25)13-8-15(19(26)22-2)20(27)24(11-13)10-12-4-6-14(21)7-5-12/h4-8,11,16-17H,3,9-10H2,1-2H3,(H,22,26)(H,23,25). The minimum Gasteiger partial charge on any atom is -0.376 e. The Labute approximate surface area is 161 Å². The van der Waals surface area contributed by atoms with Crippen molar-refractivity contribution >= 4 is 11.8 Å². The molecule has 0 aliphatic heterocycles. The fourth-order valence-corrected chi connectivity index (χ4v) is 2.93. The van der Waals surface area contributed by atoms with E-state index in [0.29, 0.717) is 12.2 Å². The Morgan fingerprint density at radius 1 is 1.25 bits per heavy atom. The second kappa shape index (κ2) is 8.35. The number of rotatable bonds is 7. The summed E-state index contributed by atoms with van der Waals surface area (Å²) in [5, 5.41) is 5.26. The molecule has 2 atom stereocenters. The SMILES string of the molecule is CCOC1CC1NC(=O)c1cc(C(=O)NC)c(=O)n(Cc2ccc(F)cc2)c1.